The van der Waals surface area contributed by atoms with E-state index in [9.17, 15) is 4.79 Å². The van der Waals surface area contributed by atoms with Crippen LogP contribution in [0.4, 0.5) is 5.82 Å². The van der Waals surface area contributed by atoms with Crippen LogP contribution in [0.1, 0.15) is 55.3 Å². The molecule has 3 aromatic rings. The third-order valence-corrected chi connectivity index (χ3v) is 6.31. The van der Waals surface area contributed by atoms with Crippen molar-refractivity contribution in [3.8, 4) is 22.5 Å². The largest absolute Gasteiger partial charge is 0.481 e. The van der Waals surface area contributed by atoms with E-state index >= 15 is 0 Å². The molecule has 0 bridgehead atoms. The Kier molecular flexibility index (Phi) is 10.3. The average Bonchev–Trinajstić information content (AvgIpc) is 2.85. The van der Waals surface area contributed by atoms with Gasteiger partial charge >= 0.3 is 16.4 Å². The van der Waals surface area contributed by atoms with Crippen molar-refractivity contribution in [1.29, 1.82) is 0 Å². The van der Waals surface area contributed by atoms with Gasteiger partial charge < -0.3 is 10.0 Å². The van der Waals surface area contributed by atoms with Gasteiger partial charge in [0.2, 0.25) is 0 Å². The maximum atomic E-state index is 10.7. The molecule has 0 fully saturated rings. The first kappa shape index (κ1) is 29.2. The molecule has 2 heterocycles. The van der Waals surface area contributed by atoms with Gasteiger partial charge in [-0.25, -0.2) is 9.97 Å². The number of hydrogen-bond donors (Lipinski definition) is 3. The highest BCUT2D eigenvalue weighted by Crippen LogP contribution is 2.35. The van der Waals surface area contributed by atoms with Crippen molar-refractivity contribution in [3.63, 3.8) is 0 Å². The van der Waals surface area contributed by atoms with Crippen molar-refractivity contribution in [2.45, 2.75) is 58.8 Å². The third-order valence-electron chi connectivity index (χ3n) is 6.31. The summed E-state index contributed by atoms with van der Waals surface area (Å²) >= 11 is 0. The molecule has 0 aliphatic carbocycles. The molecular weight excluding hydrogens is 506 g/mol. The summed E-state index contributed by atoms with van der Waals surface area (Å²) in [6.45, 7) is 6.13. The summed E-state index contributed by atoms with van der Waals surface area (Å²) in [4.78, 5) is 23.5. The number of carboxylic acids is 1. The molecule has 0 amide bonds. The van der Waals surface area contributed by atoms with Gasteiger partial charge in [-0.2, -0.15) is 8.42 Å². The molecule has 3 N–H and O–H groups in total. The van der Waals surface area contributed by atoms with Crippen molar-refractivity contribution >= 4 is 22.2 Å². The fourth-order valence-corrected chi connectivity index (χ4v) is 4.40. The number of aryl methyl sites for hydroxylation is 3. The minimum Gasteiger partial charge on any atom is -0.481 e. The highest BCUT2D eigenvalue weighted by atomic mass is 32.3. The number of aliphatic carboxylic acids is 1. The molecule has 0 saturated carbocycles. The van der Waals surface area contributed by atoms with Crippen molar-refractivity contribution in [1.82, 2.24) is 9.97 Å². The zero-order chi connectivity index (χ0) is 27.7. The lowest BCUT2D eigenvalue weighted by Gasteiger charge is -2.30. The normalized spacial score (nSPS) is 12.9. The molecule has 0 radical (unpaired) electrons. The quantitative estimate of drug-likeness (QED) is 0.234. The fourth-order valence-electron chi connectivity index (χ4n) is 4.40. The van der Waals surface area contributed by atoms with Gasteiger partial charge in [-0.15, -0.1) is 0 Å². The molecule has 1 aliphatic heterocycles. The van der Waals surface area contributed by atoms with Crippen LogP contribution in [0, 0.1) is 13.8 Å². The lowest BCUT2D eigenvalue weighted by molar-refractivity contribution is -0.137. The Morgan fingerprint density at radius 3 is 1.87 bits per heavy atom. The molecule has 10 heteroatoms. The summed E-state index contributed by atoms with van der Waals surface area (Å²) in [5.41, 5.74) is 7.62. The lowest BCUT2D eigenvalue weighted by atomic mass is 10.0. The van der Waals surface area contributed by atoms with Gasteiger partial charge in [0, 0.05) is 30.6 Å². The van der Waals surface area contributed by atoms with Gasteiger partial charge in [0.25, 0.3) is 0 Å². The topological polar surface area (TPSA) is 141 Å². The van der Waals surface area contributed by atoms with Crippen molar-refractivity contribution < 1.29 is 27.4 Å². The molecule has 38 heavy (non-hydrogen) atoms. The summed E-state index contributed by atoms with van der Waals surface area (Å²) in [5, 5.41) is 8.81. The Bertz CT molecular complexity index is 1320. The molecule has 1 aliphatic rings. The molecule has 0 atom stereocenters. The van der Waals surface area contributed by atoms with Crippen LogP contribution >= 0.6 is 0 Å². The smallest absolute Gasteiger partial charge is 0.394 e. The average molecular weight is 542 g/mol. The second-order valence-corrected chi connectivity index (χ2v) is 10.4. The zero-order valence-corrected chi connectivity index (χ0v) is 22.6. The number of anilines is 1. The van der Waals surface area contributed by atoms with Gasteiger partial charge in [0.1, 0.15) is 0 Å². The summed E-state index contributed by atoms with van der Waals surface area (Å²) in [5.74, 6) is 0.307. The first-order chi connectivity index (χ1) is 18.0. The standard InChI is InChI=1S/C28H33N3O2.H2O4S/c1-20-10-14-22(15-11-20)26-27(23-16-12-21(2)13-17-23)30-28-24(29-26)8-7-19-31(28)18-6-4-3-5-9-25(32)33;1-5(2,3)4/h10-17H,3-9,18-19H2,1-2H3,(H,32,33);(H2,1,2,3,4). The minimum atomic E-state index is -4.67. The predicted octanol–water partition coefficient (Wildman–Crippen LogP) is 5.56. The minimum absolute atomic E-state index is 0.264. The molecule has 9 nitrogen and oxygen atoms in total. The highest BCUT2D eigenvalue weighted by molar-refractivity contribution is 7.79. The van der Waals surface area contributed by atoms with E-state index in [-0.39, 0.29) is 6.42 Å². The predicted molar refractivity (Wildman–Crippen MR) is 148 cm³/mol. The molecule has 2 aromatic carbocycles. The highest BCUT2D eigenvalue weighted by Gasteiger charge is 2.23. The molecule has 4 rings (SSSR count). The van der Waals surface area contributed by atoms with E-state index in [1.165, 1.54) is 11.1 Å². The monoisotopic (exact) mass is 541 g/mol. The molecule has 204 valence electrons. The van der Waals surface area contributed by atoms with E-state index in [0.29, 0.717) is 0 Å². The van der Waals surface area contributed by atoms with E-state index in [2.05, 4.69) is 67.3 Å². The van der Waals surface area contributed by atoms with E-state index in [0.717, 1.165) is 85.6 Å². The maximum absolute atomic E-state index is 10.7. The Hall–Kier alpha value is -3.34. The van der Waals surface area contributed by atoms with E-state index in [1.807, 2.05) is 0 Å². The number of carbonyl (C=O) groups is 1. The molecule has 0 saturated heterocycles. The number of fused-ring (bicyclic) bond motifs is 1. The summed E-state index contributed by atoms with van der Waals surface area (Å²) < 4.78 is 31.6. The van der Waals surface area contributed by atoms with Crippen molar-refractivity contribution in [2.24, 2.45) is 0 Å². The van der Waals surface area contributed by atoms with Gasteiger partial charge in [-0.3, -0.25) is 13.9 Å². The number of benzene rings is 2. The van der Waals surface area contributed by atoms with Crippen molar-refractivity contribution in [2.75, 3.05) is 18.0 Å². The number of nitrogens with zero attached hydrogens (tertiary/aromatic N) is 3. The second-order valence-electron chi connectivity index (χ2n) is 9.52. The SMILES string of the molecule is Cc1ccc(-c2nc3c(nc2-c2ccc(C)cc2)N(CCCCCCC(=O)O)CCC3)cc1.O=S(=O)(O)O. The fraction of sp³-hybridized carbons (Fsp3) is 0.393. The molecule has 0 spiro atoms. The van der Waals surface area contributed by atoms with E-state index in [1.54, 1.807) is 0 Å². The third kappa shape index (κ3) is 9.20. The Labute approximate surface area is 224 Å². The van der Waals surface area contributed by atoms with Crippen LogP contribution in [0.15, 0.2) is 48.5 Å². The maximum Gasteiger partial charge on any atom is 0.394 e. The van der Waals surface area contributed by atoms with Gasteiger partial charge in [-0.05, 0) is 39.5 Å². The first-order valence-corrected chi connectivity index (χ1v) is 14.1. The van der Waals surface area contributed by atoms with Crippen LogP contribution in [-0.2, 0) is 21.6 Å². The summed E-state index contributed by atoms with van der Waals surface area (Å²) in [7, 11) is -4.67. The number of aromatic nitrogens is 2. The zero-order valence-electron chi connectivity index (χ0n) is 21.8. The number of unbranched alkanes of at least 4 members (excludes halogenated alkanes) is 3. The Morgan fingerprint density at radius 1 is 0.842 bits per heavy atom. The lowest BCUT2D eigenvalue weighted by Crippen LogP contribution is -2.32. The van der Waals surface area contributed by atoms with Crippen LogP contribution in [0.25, 0.3) is 22.5 Å². The first-order valence-electron chi connectivity index (χ1n) is 12.7. The van der Waals surface area contributed by atoms with Crippen LogP contribution in [-0.4, -0.2) is 51.7 Å². The molecule has 0 unspecified atom stereocenters. The number of rotatable bonds is 9. The van der Waals surface area contributed by atoms with Crippen LogP contribution in [0.2, 0.25) is 0 Å². The second kappa shape index (κ2) is 13.5. The van der Waals surface area contributed by atoms with Gasteiger partial charge in [0.05, 0.1) is 17.1 Å². The Morgan fingerprint density at radius 2 is 1.34 bits per heavy atom. The van der Waals surface area contributed by atoms with Crippen molar-refractivity contribution in [3.05, 3.63) is 65.4 Å². The van der Waals surface area contributed by atoms with Gasteiger partial charge in [0.15, 0.2) is 5.82 Å². The molecule has 1 aromatic heterocycles. The summed E-state index contributed by atoms with van der Waals surface area (Å²) in [6, 6.07) is 17.1. The molecular formula is C28H35N3O6S. The van der Waals surface area contributed by atoms with Crippen LogP contribution < -0.4 is 4.90 Å². The van der Waals surface area contributed by atoms with Crippen LogP contribution in [0.3, 0.4) is 0 Å². The summed E-state index contributed by atoms with van der Waals surface area (Å²) in [6.07, 6.45) is 6.09. The number of hydrogen-bond acceptors (Lipinski definition) is 6. The van der Waals surface area contributed by atoms with E-state index < -0.39 is 16.4 Å². The van der Waals surface area contributed by atoms with Gasteiger partial charge in [-0.1, -0.05) is 72.5 Å². The Balaban J connectivity index is 0.000000732. The van der Waals surface area contributed by atoms with E-state index in [4.69, 9.17) is 32.6 Å². The number of carboxylic acid groups (broad SMARTS) is 1. The van der Waals surface area contributed by atoms with Crippen LogP contribution in [0.5, 0.6) is 0 Å².